The van der Waals surface area contributed by atoms with Crippen molar-refractivity contribution in [3.8, 4) is 6.07 Å². The van der Waals surface area contributed by atoms with E-state index < -0.39 is 18.7 Å². The number of nitrogens with two attached hydrogens (primary N) is 1. The minimum Gasteiger partial charge on any atom is -0.364 e. The summed E-state index contributed by atoms with van der Waals surface area (Å²) < 4.78 is 6.62. The molecular formula is C9H12N4O2PS+. The van der Waals surface area contributed by atoms with E-state index >= 15 is 0 Å². The van der Waals surface area contributed by atoms with E-state index in [1.54, 1.807) is 16.8 Å². The van der Waals surface area contributed by atoms with Crippen LogP contribution < -0.4 is 5.73 Å². The number of carbonyl (C=O) groups is 1. The normalized spacial score (nSPS) is 11.5. The van der Waals surface area contributed by atoms with Crippen molar-refractivity contribution in [1.29, 1.82) is 5.26 Å². The summed E-state index contributed by atoms with van der Waals surface area (Å²) in [5.74, 6) is -0.954. The molecule has 0 saturated carbocycles. The van der Waals surface area contributed by atoms with E-state index in [9.17, 15) is 4.79 Å². The molecule has 2 N–H and O–H groups in total. The summed E-state index contributed by atoms with van der Waals surface area (Å²) in [5, 5.41) is 11.8. The zero-order valence-corrected chi connectivity index (χ0v) is 10.8. The van der Waals surface area contributed by atoms with Crippen LogP contribution in [-0.2, 0) is 21.2 Å². The van der Waals surface area contributed by atoms with E-state index in [1.807, 2.05) is 0 Å². The van der Waals surface area contributed by atoms with Gasteiger partial charge in [-0.2, -0.15) is 5.26 Å². The fraction of sp³-hybridized carbons (Fsp3) is 0.222. The summed E-state index contributed by atoms with van der Waals surface area (Å²) in [5.41, 5.74) is 4.37. The van der Waals surface area contributed by atoms with E-state index in [-0.39, 0.29) is 0 Å². The molecule has 0 saturated heterocycles. The molecule has 0 rings (SSSR count). The van der Waals surface area contributed by atoms with E-state index in [2.05, 4.69) is 18.3 Å². The SMILES string of the molecule is C=CCN(CC=C)[P+](=S)ON=C(C#N)C(N)=O. The number of hydrogen-bond donors (Lipinski definition) is 1. The van der Waals surface area contributed by atoms with Crippen molar-refractivity contribution in [3.63, 3.8) is 0 Å². The summed E-state index contributed by atoms with van der Waals surface area (Å²) >= 11 is 5.05. The van der Waals surface area contributed by atoms with E-state index in [4.69, 9.17) is 27.4 Å². The van der Waals surface area contributed by atoms with Gasteiger partial charge in [-0.15, -0.1) is 17.8 Å². The first-order valence-electron chi connectivity index (χ1n) is 4.45. The monoisotopic (exact) mass is 271 g/mol. The standard InChI is InChI=1S/C9H11N4O2PS/c1-3-5-13(6-4-2)16(17)15-12-8(7-10)9(11)14/h3-4H,1-2,5-6H2,(H-,11,14)/p+1. The van der Waals surface area contributed by atoms with Crippen molar-refractivity contribution in [1.82, 2.24) is 4.67 Å². The van der Waals surface area contributed by atoms with Gasteiger partial charge in [0.05, 0.1) is 13.1 Å². The molecule has 0 fully saturated rings. The highest BCUT2D eigenvalue weighted by atomic mass is 32.4. The molecule has 1 unspecified atom stereocenters. The number of hydrogen-bond acceptors (Lipinski definition) is 5. The second-order valence-corrected chi connectivity index (χ2v) is 4.83. The van der Waals surface area contributed by atoms with Crippen LogP contribution in [0.4, 0.5) is 0 Å². The third-order valence-electron chi connectivity index (χ3n) is 1.45. The Labute approximate surface area is 106 Å². The van der Waals surface area contributed by atoms with Gasteiger partial charge in [0, 0.05) is 0 Å². The van der Waals surface area contributed by atoms with Gasteiger partial charge in [-0.25, -0.2) is 0 Å². The highest BCUT2D eigenvalue weighted by molar-refractivity contribution is 8.01. The number of nitriles is 1. The zero-order chi connectivity index (χ0) is 13.3. The van der Waals surface area contributed by atoms with Gasteiger partial charge in [0.1, 0.15) is 6.07 Å². The van der Waals surface area contributed by atoms with E-state index in [0.717, 1.165) is 0 Å². The summed E-state index contributed by atoms with van der Waals surface area (Å²) in [6.07, 6.45) is 3.30. The lowest BCUT2D eigenvalue weighted by atomic mass is 10.4. The lowest BCUT2D eigenvalue weighted by Gasteiger charge is -2.04. The van der Waals surface area contributed by atoms with Crippen molar-refractivity contribution >= 4 is 30.5 Å². The average molecular weight is 271 g/mol. The van der Waals surface area contributed by atoms with Crippen molar-refractivity contribution in [2.75, 3.05) is 13.1 Å². The van der Waals surface area contributed by atoms with Crippen molar-refractivity contribution in [3.05, 3.63) is 25.3 Å². The highest BCUT2D eigenvalue weighted by Crippen LogP contribution is 2.28. The topological polar surface area (TPSA) is 91.7 Å². The molecule has 0 aliphatic carbocycles. The van der Waals surface area contributed by atoms with Crippen LogP contribution in [0.25, 0.3) is 0 Å². The minimum atomic E-state index is -1.49. The molecule has 0 heterocycles. The molecule has 0 aliphatic heterocycles. The molecule has 0 aromatic carbocycles. The van der Waals surface area contributed by atoms with Crippen molar-refractivity contribution < 1.29 is 9.42 Å². The van der Waals surface area contributed by atoms with Crippen LogP contribution in [0.3, 0.4) is 0 Å². The van der Waals surface area contributed by atoms with Crippen LogP contribution in [0.15, 0.2) is 30.5 Å². The summed E-state index contributed by atoms with van der Waals surface area (Å²) in [6, 6.07) is 1.52. The molecule has 1 amide bonds. The Morgan fingerprint density at radius 3 is 2.47 bits per heavy atom. The average Bonchev–Trinajstić information content (AvgIpc) is 2.28. The predicted octanol–water partition coefficient (Wildman–Crippen LogP) is 0.816. The molecule has 0 aromatic heterocycles. The molecule has 0 aliphatic rings. The predicted molar refractivity (Wildman–Crippen MR) is 69.6 cm³/mol. The van der Waals surface area contributed by atoms with Crippen LogP contribution in [0.2, 0.25) is 0 Å². The van der Waals surface area contributed by atoms with E-state index in [1.165, 1.54) is 6.07 Å². The van der Waals surface area contributed by atoms with Gasteiger partial charge in [0.15, 0.2) is 0 Å². The molecule has 8 heteroatoms. The van der Waals surface area contributed by atoms with Gasteiger partial charge < -0.3 is 5.73 Å². The van der Waals surface area contributed by atoms with Gasteiger partial charge in [-0.3, -0.25) is 4.79 Å². The molecule has 0 aromatic rings. The van der Waals surface area contributed by atoms with Crippen LogP contribution in [-0.4, -0.2) is 29.4 Å². The molecule has 0 bridgehead atoms. The van der Waals surface area contributed by atoms with Crippen molar-refractivity contribution in [2.24, 2.45) is 10.9 Å². The Hall–Kier alpha value is -1.61. The Morgan fingerprint density at radius 1 is 1.59 bits per heavy atom. The fourth-order valence-corrected chi connectivity index (χ4v) is 2.01. The Bertz CT molecular complexity index is 392. The van der Waals surface area contributed by atoms with Crippen LogP contribution in [0, 0.1) is 11.3 Å². The van der Waals surface area contributed by atoms with Gasteiger partial charge in [-0.05, 0) is 5.16 Å². The summed E-state index contributed by atoms with van der Waals surface area (Å²) in [6.45, 7) is 8.14. The first-order chi connectivity index (χ1) is 8.06. The first kappa shape index (κ1) is 15.4. The smallest absolute Gasteiger partial charge is 0.364 e. The minimum absolute atomic E-state index is 0.495. The maximum Gasteiger partial charge on any atom is 0.523 e. The largest absolute Gasteiger partial charge is 0.523 e. The molecule has 0 spiro atoms. The van der Waals surface area contributed by atoms with Gasteiger partial charge in [0.2, 0.25) is 17.5 Å². The van der Waals surface area contributed by atoms with E-state index in [0.29, 0.717) is 13.1 Å². The fourth-order valence-electron chi connectivity index (χ4n) is 0.754. The quantitative estimate of drug-likeness (QED) is 0.305. The second kappa shape index (κ2) is 8.53. The maximum atomic E-state index is 10.7. The third kappa shape index (κ3) is 5.88. The Morgan fingerprint density at radius 2 is 2.12 bits per heavy atom. The van der Waals surface area contributed by atoms with Crippen molar-refractivity contribution in [2.45, 2.75) is 0 Å². The lowest BCUT2D eigenvalue weighted by Crippen LogP contribution is -2.22. The number of rotatable bonds is 8. The number of oxime groups is 1. The van der Waals surface area contributed by atoms with Gasteiger partial charge in [-0.1, -0.05) is 16.8 Å². The molecule has 17 heavy (non-hydrogen) atoms. The van der Waals surface area contributed by atoms with Crippen LogP contribution >= 0.6 is 7.07 Å². The lowest BCUT2D eigenvalue weighted by molar-refractivity contribution is -0.111. The Kier molecular flexibility index (Phi) is 7.72. The number of carbonyl (C=O) groups excluding carboxylic acids is 1. The number of nitrogens with zero attached hydrogens (tertiary/aromatic N) is 3. The zero-order valence-electron chi connectivity index (χ0n) is 9.07. The molecule has 6 nitrogen and oxygen atoms in total. The van der Waals surface area contributed by atoms with Gasteiger partial charge >= 0.3 is 7.07 Å². The summed E-state index contributed by atoms with van der Waals surface area (Å²) in [7, 11) is -1.49. The maximum absolute atomic E-state index is 10.7. The number of amides is 1. The third-order valence-corrected chi connectivity index (χ3v) is 3.35. The summed E-state index contributed by atoms with van der Waals surface area (Å²) in [4.78, 5) is 10.7. The molecule has 0 radical (unpaired) electrons. The molecule has 1 atom stereocenters. The first-order valence-corrected chi connectivity index (χ1v) is 6.68. The van der Waals surface area contributed by atoms with Crippen LogP contribution in [0.1, 0.15) is 0 Å². The molecular weight excluding hydrogens is 259 g/mol. The second-order valence-electron chi connectivity index (χ2n) is 2.68. The molecule has 90 valence electrons. The number of primary amides is 1. The Balaban J connectivity index is 4.60. The van der Waals surface area contributed by atoms with Gasteiger partial charge in [0.25, 0.3) is 5.91 Å². The van der Waals surface area contributed by atoms with Crippen LogP contribution in [0.5, 0.6) is 0 Å². The highest BCUT2D eigenvalue weighted by Gasteiger charge is 2.24.